The molecule has 8 nitrogen and oxygen atoms in total. The first-order valence-electron chi connectivity index (χ1n) is 11.4. The third kappa shape index (κ3) is 7.76. The number of hydrogen-bond acceptors (Lipinski definition) is 5. The van der Waals surface area contributed by atoms with Crippen LogP contribution in [-0.4, -0.2) is 57.6 Å². The summed E-state index contributed by atoms with van der Waals surface area (Å²) >= 11 is 0. The Bertz CT molecular complexity index is 1030. The van der Waals surface area contributed by atoms with Gasteiger partial charge in [-0.25, -0.2) is 8.42 Å². The van der Waals surface area contributed by atoms with E-state index in [9.17, 15) is 18.0 Å². The van der Waals surface area contributed by atoms with E-state index < -0.39 is 16.1 Å². The summed E-state index contributed by atoms with van der Waals surface area (Å²) in [5.74, 6) is 0.309. The van der Waals surface area contributed by atoms with Gasteiger partial charge < -0.3 is 15.0 Å². The largest absolute Gasteiger partial charge is 0.497 e. The minimum Gasteiger partial charge on any atom is -0.497 e. The van der Waals surface area contributed by atoms with Gasteiger partial charge in [-0.3, -0.25) is 13.9 Å². The Kier molecular flexibility index (Phi) is 10.4. The normalized spacial score (nSPS) is 12.0. The Morgan fingerprint density at radius 1 is 1.03 bits per heavy atom. The second-order valence-electron chi connectivity index (χ2n) is 7.96. The van der Waals surface area contributed by atoms with Crippen LogP contribution in [-0.2, 0) is 26.2 Å². The molecule has 0 bridgehead atoms. The van der Waals surface area contributed by atoms with Gasteiger partial charge in [0.25, 0.3) is 0 Å². The van der Waals surface area contributed by atoms with Crippen LogP contribution in [0.2, 0.25) is 0 Å². The summed E-state index contributed by atoms with van der Waals surface area (Å²) < 4.78 is 31.1. The summed E-state index contributed by atoms with van der Waals surface area (Å²) in [5, 5.41) is 2.81. The third-order valence-corrected chi connectivity index (χ3v) is 6.64. The lowest BCUT2D eigenvalue weighted by Crippen LogP contribution is -2.49. The van der Waals surface area contributed by atoms with Gasteiger partial charge in [0.15, 0.2) is 0 Å². The van der Waals surface area contributed by atoms with Gasteiger partial charge in [0.2, 0.25) is 21.8 Å². The number of nitrogens with one attached hydrogen (secondary N) is 1. The molecular formula is C25H35N3O5S. The van der Waals surface area contributed by atoms with Crippen molar-refractivity contribution in [2.24, 2.45) is 0 Å². The van der Waals surface area contributed by atoms with Crippen LogP contribution in [0.4, 0.5) is 5.69 Å². The van der Waals surface area contributed by atoms with Crippen LogP contribution in [0.5, 0.6) is 5.75 Å². The predicted molar refractivity (Wildman–Crippen MR) is 134 cm³/mol. The fourth-order valence-electron chi connectivity index (χ4n) is 3.74. The molecule has 2 rings (SSSR count). The van der Waals surface area contributed by atoms with Crippen LogP contribution < -0.4 is 14.4 Å². The standard InChI is InChI=1S/C25H35N3O5S/c1-5-23(25(30)26-6-2)27(19-20-14-16-22(33-3)17-15-20)24(29)13-10-18-28(34(4,31)32)21-11-8-7-9-12-21/h7-9,11-12,14-17,23H,5-6,10,13,18-19H2,1-4H3,(H,26,30)/t23-/m0/s1. The number of anilines is 1. The van der Waals surface area contributed by atoms with E-state index in [4.69, 9.17) is 4.74 Å². The molecule has 1 N–H and O–H groups in total. The van der Waals surface area contributed by atoms with Crippen molar-refractivity contribution in [3.8, 4) is 5.75 Å². The highest BCUT2D eigenvalue weighted by atomic mass is 32.2. The van der Waals surface area contributed by atoms with Gasteiger partial charge in [-0.15, -0.1) is 0 Å². The van der Waals surface area contributed by atoms with E-state index in [0.29, 0.717) is 30.8 Å². The van der Waals surface area contributed by atoms with E-state index >= 15 is 0 Å². The first kappa shape index (κ1) is 27.2. The molecule has 34 heavy (non-hydrogen) atoms. The fourth-order valence-corrected chi connectivity index (χ4v) is 4.70. The molecule has 9 heteroatoms. The molecule has 0 fully saturated rings. The number of ether oxygens (including phenoxy) is 1. The zero-order valence-electron chi connectivity index (χ0n) is 20.4. The number of methoxy groups -OCH3 is 1. The molecule has 0 unspecified atom stereocenters. The van der Waals surface area contributed by atoms with Crippen molar-refractivity contribution < 1.29 is 22.7 Å². The molecule has 0 aromatic heterocycles. The van der Waals surface area contributed by atoms with Gasteiger partial charge >= 0.3 is 0 Å². The van der Waals surface area contributed by atoms with Crippen molar-refractivity contribution >= 4 is 27.5 Å². The zero-order chi connectivity index (χ0) is 25.1. The second kappa shape index (κ2) is 13.0. The molecule has 0 aliphatic carbocycles. The summed E-state index contributed by atoms with van der Waals surface area (Å²) in [6, 6.07) is 15.5. The number of likely N-dealkylation sites (N-methyl/N-ethyl adjacent to an activating group) is 1. The molecule has 0 aliphatic heterocycles. The lowest BCUT2D eigenvalue weighted by atomic mass is 10.1. The summed E-state index contributed by atoms with van der Waals surface area (Å²) in [5.41, 5.74) is 1.43. The lowest BCUT2D eigenvalue weighted by Gasteiger charge is -2.31. The predicted octanol–water partition coefficient (Wildman–Crippen LogP) is 3.18. The number of sulfonamides is 1. The summed E-state index contributed by atoms with van der Waals surface area (Å²) in [6.07, 6.45) is 2.06. The molecule has 0 radical (unpaired) electrons. The minimum absolute atomic E-state index is 0.116. The van der Waals surface area contributed by atoms with Gasteiger partial charge in [0.1, 0.15) is 11.8 Å². The van der Waals surface area contributed by atoms with Crippen molar-refractivity contribution in [1.82, 2.24) is 10.2 Å². The number of amides is 2. The van der Waals surface area contributed by atoms with Crippen molar-refractivity contribution in [1.29, 1.82) is 0 Å². The molecule has 2 amide bonds. The number of rotatable bonds is 13. The zero-order valence-corrected chi connectivity index (χ0v) is 21.2. The molecule has 2 aromatic rings. The highest BCUT2D eigenvalue weighted by molar-refractivity contribution is 7.92. The number of benzene rings is 2. The number of para-hydroxylation sites is 1. The molecule has 0 heterocycles. The Morgan fingerprint density at radius 3 is 2.21 bits per heavy atom. The molecule has 186 valence electrons. The topological polar surface area (TPSA) is 96.0 Å². The van der Waals surface area contributed by atoms with Gasteiger partial charge in [0, 0.05) is 26.1 Å². The Labute approximate surface area is 202 Å². The van der Waals surface area contributed by atoms with Crippen LogP contribution >= 0.6 is 0 Å². The first-order valence-corrected chi connectivity index (χ1v) is 13.3. The molecule has 0 saturated heterocycles. The average Bonchev–Trinajstić information content (AvgIpc) is 2.82. The summed E-state index contributed by atoms with van der Waals surface area (Å²) in [7, 11) is -1.92. The number of carbonyl (C=O) groups is 2. The highest BCUT2D eigenvalue weighted by Crippen LogP contribution is 2.20. The lowest BCUT2D eigenvalue weighted by molar-refractivity contribution is -0.141. The molecule has 2 aromatic carbocycles. The van der Waals surface area contributed by atoms with Crippen LogP contribution in [0.25, 0.3) is 0 Å². The molecule has 0 spiro atoms. The third-order valence-electron chi connectivity index (χ3n) is 5.45. The van der Waals surface area contributed by atoms with E-state index in [1.54, 1.807) is 36.3 Å². The first-order chi connectivity index (χ1) is 16.2. The smallest absolute Gasteiger partial charge is 0.242 e. The van der Waals surface area contributed by atoms with Gasteiger partial charge in [0.05, 0.1) is 19.1 Å². The average molecular weight is 490 g/mol. The minimum atomic E-state index is -3.50. The van der Waals surface area contributed by atoms with E-state index in [1.807, 2.05) is 44.2 Å². The van der Waals surface area contributed by atoms with E-state index in [-0.39, 0.29) is 31.3 Å². The van der Waals surface area contributed by atoms with E-state index in [1.165, 1.54) is 4.31 Å². The SMILES string of the molecule is CCNC(=O)[C@H](CC)N(Cc1ccc(OC)cc1)C(=O)CCCN(c1ccccc1)S(C)(=O)=O. The Morgan fingerprint density at radius 2 is 1.68 bits per heavy atom. The van der Waals surface area contributed by atoms with Gasteiger partial charge in [-0.1, -0.05) is 37.3 Å². The molecule has 1 atom stereocenters. The monoisotopic (exact) mass is 489 g/mol. The number of hydrogen-bond donors (Lipinski definition) is 1. The molecule has 0 aliphatic rings. The maximum atomic E-state index is 13.3. The molecular weight excluding hydrogens is 454 g/mol. The maximum Gasteiger partial charge on any atom is 0.242 e. The second-order valence-corrected chi connectivity index (χ2v) is 9.87. The molecule has 0 saturated carbocycles. The van der Waals surface area contributed by atoms with Crippen molar-refractivity contribution in [3.05, 3.63) is 60.2 Å². The van der Waals surface area contributed by atoms with Gasteiger partial charge in [-0.05, 0) is 49.6 Å². The number of nitrogens with zero attached hydrogens (tertiary/aromatic N) is 2. The van der Waals surface area contributed by atoms with Gasteiger partial charge in [-0.2, -0.15) is 0 Å². The van der Waals surface area contributed by atoms with Crippen molar-refractivity contribution in [2.45, 2.75) is 45.7 Å². The van der Waals surface area contributed by atoms with Crippen molar-refractivity contribution in [2.75, 3.05) is 30.8 Å². The van der Waals surface area contributed by atoms with Crippen molar-refractivity contribution in [3.63, 3.8) is 0 Å². The van der Waals surface area contributed by atoms with Crippen LogP contribution in [0, 0.1) is 0 Å². The van der Waals surface area contributed by atoms with E-state index in [0.717, 1.165) is 11.8 Å². The summed E-state index contributed by atoms with van der Waals surface area (Å²) in [6.45, 7) is 4.62. The van der Waals surface area contributed by atoms with E-state index in [2.05, 4.69) is 5.32 Å². The Hall–Kier alpha value is -3.07. The van der Waals surface area contributed by atoms with Crippen LogP contribution in [0.15, 0.2) is 54.6 Å². The maximum absolute atomic E-state index is 13.3. The number of carbonyl (C=O) groups excluding carboxylic acids is 2. The quantitative estimate of drug-likeness (QED) is 0.466. The fraction of sp³-hybridized carbons (Fsp3) is 0.440. The van der Waals surface area contributed by atoms with Crippen LogP contribution in [0.3, 0.4) is 0 Å². The highest BCUT2D eigenvalue weighted by Gasteiger charge is 2.28. The summed E-state index contributed by atoms with van der Waals surface area (Å²) in [4.78, 5) is 27.6. The Balaban J connectivity index is 2.18. The van der Waals surface area contributed by atoms with Crippen LogP contribution in [0.1, 0.15) is 38.7 Å².